The Morgan fingerprint density at radius 2 is 1.94 bits per heavy atom. The number of anilines is 2. The van der Waals surface area contributed by atoms with Crippen LogP contribution in [0.1, 0.15) is 6.42 Å². The van der Waals surface area contributed by atoms with Crippen molar-refractivity contribution < 1.29 is 23.0 Å². The number of hydrogen-bond acceptors (Lipinski definition) is 7. The Hall–Kier alpha value is -3.04. The van der Waals surface area contributed by atoms with Crippen molar-refractivity contribution in [3.63, 3.8) is 0 Å². The van der Waals surface area contributed by atoms with Crippen LogP contribution >= 0.6 is 0 Å². The first-order valence-electron chi connectivity index (χ1n) is 10.1. The minimum atomic E-state index is -0.708. The molecule has 0 atom stereocenters. The molecule has 0 radical (unpaired) electrons. The molecule has 1 fully saturated rings. The summed E-state index contributed by atoms with van der Waals surface area (Å²) in [5.74, 6) is 0.134. The summed E-state index contributed by atoms with van der Waals surface area (Å²) in [5, 5.41) is 3.54. The second-order valence-corrected chi connectivity index (χ2v) is 7.15. The van der Waals surface area contributed by atoms with Crippen molar-refractivity contribution in [2.45, 2.75) is 6.42 Å². The highest BCUT2D eigenvalue weighted by Gasteiger charge is 2.14. The molecule has 2 heterocycles. The molecule has 7 nitrogen and oxygen atoms in total. The number of methoxy groups -OCH3 is 1. The number of rotatable bonds is 8. The number of nitrogens with zero attached hydrogens (tertiary/aromatic N) is 3. The summed E-state index contributed by atoms with van der Waals surface area (Å²) in [6.45, 7) is 4.85. The van der Waals surface area contributed by atoms with Crippen molar-refractivity contribution >= 4 is 22.4 Å². The van der Waals surface area contributed by atoms with Crippen molar-refractivity contribution in [3.8, 4) is 11.5 Å². The molecule has 1 N–H and O–H groups in total. The summed E-state index contributed by atoms with van der Waals surface area (Å²) in [5.41, 5.74) is 0.725. The maximum atomic E-state index is 14.1. The van der Waals surface area contributed by atoms with Gasteiger partial charge >= 0.3 is 0 Å². The number of aromatic nitrogens is 2. The fraction of sp³-hybridized carbons (Fsp3) is 0.364. The van der Waals surface area contributed by atoms with Crippen molar-refractivity contribution in [1.82, 2.24) is 14.9 Å². The Morgan fingerprint density at radius 1 is 1.10 bits per heavy atom. The first kappa shape index (κ1) is 21.2. The maximum Gasteiger partial charge on any atom is 0.162 e. The van der Waals surface area contributed by atoms with Gasteiger partial charge in [0.05, 0.1) is 38.1 Å². The van der Waals surface area contributed by atoms with Gasteiger partial charge < -0.3 is 19.5 Å². The zero-order chi connectivity index (χ0) is 21.6. The molecule has 0 amide bonds. The summed E-state index contributed by atoms with van der Waals surface area (Å²) < 4.78 is 44.1. The van der Waals surface area contributed by atoms with Crippen LogP contribution in [-0.2, 0) is 4.74 Å². The molecule has 164 valence electrons. The minimum Gasteiger partial charge on any atom is -0.493 e. The molecule has 31 heavy (non-hydrogen) atoms. The predicted molar refractivity (Wildman–Crippen MR) is 113 cm³/mol. The van der Waals surface area contributed by atoms with E-state index < -0.39 is 11.6 Å². The van der Waals surface area contributed by atoms with Crippen molar-refractivity contribution in [2.75, 3.05) is 51.9 Å². The lowest BCUT2D eigenvalue weighted by Crippen LogP contribution is -2.37. The summed E-state index contributed by atoms with van der Waals surface area (Å²) >= 11 is 0. The normalized spacial score (nSPS) is 14.5. The Balaban J connectivity index is 1.52. The Kier molecular flexibility index (Phi) is 6.73. The van der Waals surface area contributed by atoms with E-state index in [-0.39, 0.29) is 5.69 Å². The molecule has 0 saturated carbocycles. The molecule has 1 saturated heterocycles. The molecule has 3 aromatic rings. The fourth-order valence-electron chi connectivity index (χ4n) is 3.45. The lowest BCUT2D eigenvalue weighted by atomic mass is 10.2. The summed E-state index contributed by atoms with van der Waals surface area (Å²) in [7, 11) is 1.57. The van der Waals surface area contributed by atoms with E-state index in [0.717, 1.165) is 45.3 Å². The van der Waals surface area contributed by atoms with Gasteiger partial charge in [-0.1, -0.05) is 0 Å². The summed E-state index contributed by atoms with van der Waals surface area (Å²) in [6, 6.07) is 6.84. The van der Waals surface area contributed by atoms with E-state index in [0.29, 0.717) is 34.8 Å². The van der Waals surface area contributed by atoms with Gasteiger partial charge in [0.25, 0.3) is 0 Å². The van der Waals surface area contributed by atoms with Crippen LogP contribution in [-0.4, -0.2) is 61.4 Å². The third-order valence-corrected chi connectivity index (χ3v) is 5.08. The zero-order valence-electron chi connectivity index (χ0n) is 17.2. The molecule has 1 aromatic heterocycles. The van der Waals surface area contributed by atoms with Gasteiger partial charge in [0.1, 0.15) is 23.8 Å². The van der Waals surface area contributed by atoms with Crippen molar-refractivity contribution in [2.24, 2.45) is 0 Å². The van der Waals surface area contributed by atoms with Crippen LogP contribution in [0.25, 0.3) is 10.9 Å². The van der Waals surface area contributed by atoms with Crippen LogP contribution < -0.4 is 14.8 Å². The molecule has 1 aliphatic heterocycles. The van der Waals surface area contributed by atoms with E-state index in [1.807, 2.05) is 0 Å². The van der Waals surface area contributed by atoms with Gasteiger partial charge in [0, 0.05) is 37.2 Å². The van der Waals surface area contributed by atoms with Gasteiger partial charge in [-0.05, 0) is 24.6 Å². The topological polar surface area (TPSA) is 68.7 Å². The van der Waals surface area contributed by atoms with E-state index in [1.165, 1.54) is 18.5 Å². The van der Waals surface area contributed by atoms with Gasteiger partial charge in [0.15, 0.2) is 11.5 Å². The van der Waals surface area contributed by atoms with Crippen LogP contribution in [0.2, 0.25) is 0 Å². The number of benzene rings is 2. The third-order valence-electron chi connectivity index (χ3n) is 5.08. The fourth-order valence-corrected chi connectivity index (χ4v) is 3.45. The molecular formula is C22H24F2N4O3. The monoisotopic (exact) mass is 430 g/mol. The number of hydrogen-bond donors (Lipinski definition) is 1. The van der Waals surface area contributed by atoms with Gasteiger partial charge in [0.2, 0.25) is 0 Å². The van der Waals surface area contributed by atoms with E-state index in [4.69, 9.17) is 14.2 Å². The highest BCUT2D eigenvalue weighted by molar-refractivity contribution is 5.93. The van der Waals surface area contributed by atoms with E-state index in [9.17, 15) is 8.78 Å². The number of morpholine rings is 1. The molecule has 0 aliphatic carbocycles. The van der Waals surface area contributed by atoms with Crippen molar-refractivity contribution in [1.29, 1.82) is 0 Å². The first-order valence-corrected chi connectivity index (χ1v) is 10.1. The molecular weight excluding hydrogens is 406 g/mol. The summed E-state index contributed by atoms with van der Waals surface area (Å²) in [6.07, 6.45) is 2.23. The Bertz CT molecular complexity index is 1040. The van der Waals surface area contributed by atoms with Crippen LogP contribution in [0.5, 0.6) is 11.5 Å². The lowest BCUT2D eigenvalue weighted by molar-refractivity contribution is 0.0357. The lowest BCUT2D eigenvalue weighted by Gasteiger charge is -2.26. The van der Waals surface area contributed by atoms with Gasteiger partial charge in [-0.25, -0.2) is 18.7 Å². The molecule has 0 unspecified atom stereocenters. The van der Waals surface area contributed by atoms with Gasteiger partial charge in [-0.15, -0.1) is 0 Å². The summed E-state index contributed by atoms with van der Waals surface area (Å²) in [4.78, 5) is 10.8. The second-order valence-electron chi connectivity index (χ2n) is 7.15. The average Bonchev–Trinajstić information content (AvgIpc) is 2.79. The quantitative estimate of drug-likeness (QED) is 0.546. The standard InChI is InChI=1S/C22H24F2N4O3/c1-29-20-13-19-16(12-21(20)31-8-2-5-28-6-9-30-10-7-28)22(26-14-25-19)27-18-4-3-15(23)11-17(18)24/h3-4,11-14H,2,5-10H2,1H3,(H,25,26,27). The van der Waals surface area contributed by atoms with E-state index in [1.54, 1.807) is 19.2 Å². The molecule has 0 spiro atoms. The van der Waals surface area contributed by atoms with E-state index in [2.05, 4.69) is 20.2 Å². The Labute approximate surface area is 179 Å². The molecule has 1 aliphatic rings. The third kappa shape index (κ3) is 5.18. The number of halogens is 2. The van der Waals surface area contributed by atoms with Gasteiger partial charge in [-0.2, -0.15) is 0 Å². The number of ether oxygens (including phenoxy) is 3. The van der Waals surface area contributed by atoms with Crippen LogP contribution in [0, 0.1) is 11.6 Å². The molecule has 9 heteroatoms. The largest absolute Gasteiger partial charge is 0.493 e. The number of fused-ring (bicyclic) bond motifs is 1. The molecule has 4 rings (SSSR count). The van der Waals surface area contributed by atoms with Gasteiger partial charge in [-0.3, -0.25) is 4.90 Å². The first-order chi connectivity index (χ1) is 15.1. The second kappa shape index (κ2) is 9.84. The number of nitrogens with one attached hydrogen (secondary N) is 1. The van der Waals surface area contributed by atoms with Crippen molar-refractivity contribution in [3.05, 3.63) is 48.3 Å². The predicted octanol–water partition coefficient (Wildman–Crippen LogP) is 3.76. The van der Waals surface area contributed by atoms with Crippen LogP contribution in [0.4, 0.5) is 20.3 Å². The average molecular weight is 430 g/mol. The van der Waals surface area contributed by atoms with Crippen LogP contribution in [0.3, 0.4) is 0 Å². The highest BCUT2D eigenvalue weighted by atomic mass is 19.1. The minimum absolute atomic E-state index is 0.116. The maximum absolute atomic E-state index is 14.1. The van der Waals surface area contributed by atoms with E-state index >= 15 is 0 Å². The highest BCUT2D eigenvalue weighted by Crippen LogP contribution is 2.35. The zero-order valence-corrected chi connectivity index (χ0v) is 17.2. The Morgan fingerprint density at radius 3 is 2.71 bits per heavy atom. The smallest absolute Gasteiger partial charge is 0.162 e. The molecule has 0 bridgehead atoms. The van der Waals surface area contributed by atoms with Crippen LogP contribution in [0.15, 0.2) is 36.7 Å². The SMILES string of the molecule is COc1cc2ncnc(Nc3ccc(F)cc3F)c2cc1OCCCN1CCOCC1. The molecule has 2 aromatic carbocycles.